The summed E-state index contributed by atoms with van der Waals surface area (Å²) in [6.45, 7) is 3.59. The third kappa shape index (κ3) is 2.99. The standard InChI is InChI=1S/C13H24N2O2/c1-2-15(11-7-5-10(14)6-8-11)13(16)12-4-3-9-17-12/h10-12H,2-9,14H2,1H3/t10?,11?,12-/m1/s1. The molecule has 2 fully saturated rings. The second-order valence-corrected chi connectivity index (χ2v) is 5.19. The zero-order chi connectivity index (χ0) is 12.3. The zero-order valence-electron chi connectivity index (χ0n) is 10.7. The maximum atomic E-state index is 12.3. The highest BCUT2D eigenvalue weighted by Crippen LogP contribution is 2.24. The highest BCUT2D eigenvalue weighted by atomic mass is 16.5. The Kier molecular flexibility index (Phi) is 4.40. The van der Waals surface area contributed by atoms with Crippen LogP contribution in [0, 0.1) is 0 Å². The summed E-state index contributed by atoms with van der Waals surface area (Å²) < 4.78 is 5.49. The fraction of sp³-hybridized carbons (Fsp3) is 0.923. The number of carbonyl (C=O) groups is 1. The van der Waals surface area contributed by atoms with Crippen LogP contribution in [-0.2, 0) is 9.53 Å². The molecule has 98 valence electrons. The van der Waals surface area contributed by atoms with Crippen molar-refractivity contribution in [1.29, 1.82) is 0 Å². The van der Waals surface area contributed by atoms with Gasteiger partial charge in [-0.25, -0.2) is 0 Å². The van der Waals surface area contributed by atoms with Crippen molar-refractivity contribution < 1.29 is 9.53 Å². The van der Waals surface area contributed by atoms with Gasteiger partial charge in [0, 0.05) is 25.2 Å². The predicted octanol–water partition coefficient (Wildman–Crippen LogP) is 1.28. The monoisotopic (exact) mass is 240 g/mol. The van der Waals surface area contributed by atoms with Crippen LogP contribution < -0.4 is 5.73 Å². The van der Waals surface area contributed by atoms with E-state index in [9.17, 15) is 4.79 Å². The molecule has 1 heterocycles. The quantitative estimate of drug-likeness (QED) is 0.808. The van der Waals surface area contributed by atoms with Gasteiger partial charge in [0.05, 0.1) is 0 Å². The molecular formula is C13H24N2O2. The fourth-order valence-corrected chi connectivity index (χ4v) is 2.96. The Hall–Kier alpha value is -0.610. The molecule has 0 spiro atoms. The Morgan fingerprint density at radius 3 is 2.53 bits per heavy atom. The predicted molar refractivity (Wildman–Crippen MR) is 66.6 cm³/mol. The van der Waals surface area contributed by atoms with E-state index in [1.165, 1.54) is 0 Å². The van der Waals surface area contributed by atoms with Crippen molar-refractivity contribution in [3.05, 3.63) is 0 Å². The van der Waals surface area contributed by atoms with Gasteiger partial charge in [0.15, 0.2) is 0 Å². The first kappa shape index (κ1) is 12.8. The van der Waals surface area contributed by atoms with Crippen molar-refractivity contribution in [1.82, 2.24) is 4.90 Å². The van der Waals surface area contributed by atoms with E-state index in [0.717, 1.165) is 51.7 Å². The van der Waals surface area contributed by atoms with Crippen LogP contribution in [-0.4, -0.2) is 42.1 Å². The maximum Gasteiger partial charge on any atom is 0.251 e. The van der Waals surface area contributed by atoms with E-state index < -0.39 is 0 Å². The van der Waals surface area contributed by atoms with Crippen molar-refractivity contribution in [2.75, 3.05) is 13.2 Å². The first-order valence-electron chi connectivity index (χ1n) is 6.90. The van der Waals surface area contributed by atoms with Gasteiger partial charge in [-0.1, -0.05) is 0 Å². The summed E-state index contributed by atoms with van der Waals surface area (Å²) in [5.74, 6) is 0.200. The number of carbonyl (C=O) groups excluding carboxylic acids is 1. The van der Waals surface area contributed by atoms with E-state index >= 15 is 0 Å². The topological polar surface area (TPSA) is 55.6 Å². The summed E-state index contributed by atoms with van der Waals surface area (Å²) in [6.07, 6.45) is 5.91. The Balaban J connectivity index is 1.92. The summed E-state index contributed by atoms with van der Waals surface area (Å²) in [5, 5.41) is 0. The summed E-state index contributed by atoms with van der Waals surface area (Å²) >= 11 is 0. The molecule has 17 heavy (non-hydrogen) atoms. The highest BCUT2D eigenvalue weighted by Gasteiger charge is 2.32. The maximum absolute atomic E-state index is 12.3. The fourth-order valence-electron chi connectivity index (χ4n) is 2.96. The largest absolute Gasteiger partial charge is 0.368 e. The normalized spacial score (nSPS) is 33.6. The van der Waals surface area contributed by atoms with Crippen LogP contribution in [0.3, 0.4) is 0 Å². The molecule has 1 aliphatic carbocycles. The average molecular weight is 240 g/mol. The molecule has 2 aliphatic rings. The smallest absolute Gasteiger partial charge is 0.251 e. The molecule has 2 N–H and O–H groups in total. The van der Waals surface area contributed by atoms with Crippen LogP contribution in [0.25, 0.3) is 0 Å². The van der Waals surface area contributed by atoms with Crippen LogP contribution >= 0.6 is 0 Å². The minimum atomic E-state index is -0.175. The first-order chi connectivity index (χ1) is 8.22. The van der Waals surface area contributed by atoms with Gasteiger partial charge in [0.1, 0.15) is 6.10 Å². The molecule has 0 aromatic carbocycles. The first-order valence-corrected chi connectivity index (χ1v) is 6.90. The molecule has 0 aromatic rings. The molecular weight excluding hydrogens is 216 g/mol. The van der Waals surface area contributed by atoms with Crippen LogP contribution in [0.4, 0.5) is 0 Å². The van der Waals surface area contributed by atoms with Gasteiger partial charge < -0.3 is 15.4 Å². The van der Waals surface area contributed by atoms with E-state index in [1.807, 2.05) is 4.90 Å². The molecule has 2 rings (SSSR count). The Morgan fingerprint density at radius 2 is 2.00 bits per heavy atom. The molecule has 0 radical (unpaired) electrons. The molecule has 1 atom stereocenters. The number of amides is 1. The van der Waals surface area contributed by atoms with Crippen molar-refractivity contribution in [3.8, 4) is 0 Å². The lowest BCUT2D eigenvalue weighted by Crippen LogP contribution is -2.47. The van der Waals surface area contributed by atoms with E-state index in [-0.39, 0.29) is 12.0 Å². The molecule has 4 heteroatoms. The number of rotatable bonds is 3. The zero-order valence-corrected chi connectivity index (χ0v) is 10.7. The minimum Gasteiger partial charge on any atom is -0.368 e. The van der Waals surface area contributed by atoms with Gasteiger partial charge in [0.2, 0.25) is 0 Å². The molecule has 1 amide bonds. The van der Waals surface area contributed by atoms with E-state index in [0.29, 0.717) is 12.1 Å². The summed E-state index contributed by atoms with van der Waals surface area (Å²) in [4.78, 5) is 14.3. The van der Waals surface area contributed by atoms with Crippen molar-refractivity contribution in [2.45, 2.75) is 63.6 Å². The Morgan fingerprint density at radius 1 is 1.29 bits per heavy atom. The number of nitrogens with zero attached hydrogens (tertiary/aromatic N) is 1. The lowest BCUT2D eigenvalue weighted by Gasteiger charge is -2.36. The van der Waals surface area contributed by atoms with Gasteiger partial charge in [-0.3, -0.25) is 4.79 Å². The summed E-state index contributed by atoms with van der Waals surface area (Å²) in [6, 6.07) is 0.722. The summed E-state index contributed by atoms with van der Waals surface area (Å²) in [5.41, 5.74) is 5.91. The highest BCUT2D eigenvalue weighted by molar-refractivity contribution is 5.81. The van der Waals surface area contributed by atoms with Crippen molar-refractivity contribution in [3.63, 3.8) is 0 Å². The van der Waals surface area contributed by atoms with Gasteiger partial charge in [-0.2, -0.15) is 0 Å². The number of ether oxygens (including phenoxy) is 1. The number of hydrogen-bond acceptors (Lipinski definition) is 3. The number of nitrogens with two attached hydrogens (primary N) is 1. The Bertz CT molecular complexity index is 256. The molecule has 1 aliphatic heterocycles. The van der Waals surface area contributed by atoms with Crippen LogP contribution in [0.5, 0.6) is 0 Å². The van der Waals surface area contributed by atoms with Gasteiger partial charge >= 0.3 is 0 Å². The lowest BCUT2D eigenvalue weighted by atomic mass is 9.90. The third-order valence-corrected chi connectivity index (χ3v) is 4.01. The third-order valence-electron chi connectivity index (χ3n) is 4.01. The van der Waals surface area contributed by atoms with Crippen molar-refractivity contribution >= 4 is 5.91 Å². The van der Waals surface area contributed by atoms with Gasteiger partial charge in [-0.15, -0.1) is 0 Å². The van der Waals surface area contributed by atoms with E-state index in [1.54, 1.807) is 0 Å². The minimum absolute atomic E-state index is 0.175. The number of hydrogen-bond donors (Lipinski definition) is 1. The molecule has 4 nitrogen and oxygen atoms in total. The average Bonchev–Trinajstić information content (AvgIpc) is 2.86. The molecule has 0 unspecified atom stereocenters. The van der Waals surface area contributed by atoms with Crippen LogP contribution in [0.2, 0.25) is 0 Å². The second kappa shape index (κ2) is 5.83. The van der Waals surface area contributed by atoms with Gasteiger partial charge in [-0.05, 0) is 45.4 Å². The number of likely N-dealkylation sites (N-methyl/N-ethyl adjacent to an activating group) is 1. The lowest BCUT2D eigenvalue weighted by molar-refractivity contribution is -0.143. The molecule has 1 saturated carbocycles. The molecule has 0 aromatic heterocycles. The second-order valence-electron chi connectivity index (χ2n) is 5.19. The molecule has 0 bridgehead atoms. The van der Waals surface area contributed by atoms with Gasteiger partial charge in [0.25, 0.3) is 5.91 Å². The summed E-state index contributed by atoms with van der Waals surface area (Å²) in [7, 11) is 0. The molecule has 1 saturated heterocycles. The van der Waals surface area contributed by atoms with Crippen LogP contribution in [0.1, 0.15) is 45.4 Å². The Labute approximate surface area is 103 Å². The SMILES string of the molecule is CCN(C(=O)[C@H]1CCCO1)C1CCC(N)CC1. The van der Waals surface area contributed by atoms with Crippen molar-refractivity contribution in [2.24, 2.45) is 5.73 Å². The van der Waals surface area contributed by atoms with E-state index in [4.69, 9.17) is 10.5 Å². The van der Waals surface area contributed by atoms with E-state index in [2.05, 4.69) is 6.92 Å². The van der Waals surface area contributed by atoms with Crippen LogP contribution in [0.15, 0.2) is 0 Å².